The van der Waals surface area contributed by atoms with Crippen LogP contribution in [0.25, 0.3) is 5.65 Å². The number of imidazole rings is 1. The van der Waals surface area contributed by atoms with Gasteiger partial charge in [-0.05, 0) is 38.4 Å². The van der Waals surface area contributed by atoms with Crippen molar-refractivity contribution in [1.82, 2.24) is 19.6 Å². The van der Waals surface area contributed by atoms with Crippen molar-refractivity contribution in [3.8, 4) is 0 Å². The molecule has 0 aromatic carbocycles. The van der Waals surface area contributed by atoms with Crippen LogP contribution in [-0.4, -0.2) is 40.8 Å². The Hall–Kier alpha value is -2.60. The Labute approximate surface area is 128 Å². The maximum absolute atomic E-state index is 12.3. The third-order valence-electron chi connectivity index (χ3n) is 3.55. The first-order chi connectivity index (χ1) is 10.6. The number of nitrogens with zero attached hydrogens (tertiary/aromatic N) is 3. The lowest BCUT2D eigenvalue weighted by molar-refractivity contribution is 0.0934. The lowest BCUT2D eigenvalue weighted by Crippen LogP contribution is -2.34. The van der Waals surface area contributed by atoms with Crippen molar-refractivity contribution in [2.45, 2.75) is 6.04 Å². The number of carbonyl (C=O) groups excluding carboxylic acids is 1. The van der Waals surface area contributed by atoms with Crippen molar-refractivity contribution in [3.63, 3.8) is 0 Å². The normalized spacial score (nSPS) is 12.7. The Balaban J connectivity index is 1.71. The van der Waals surface area contributed by atoms with Crippen LogP contribution >= 0.6 is 0 Å². The van der Waals surface area contributed by atoms with E-state index >= 15 is 0 Å². The molecule has 0 aliphatic carbocycles. The van der Waals surface area contributed by atoms with Crippen LogP contribution in [0.3, 0.4) is 0 Å². The van der Waals surface area contributed by atoms with Crippen LogP contribution in [0.2, 0.25) is 0 Å². The molecule has 0 saturated heterocycles. The largest absolute Gasteiger partial charge is 0.468 e. The van der Waals surface area contributed by atoms with Gasteiger partial charge in [0.15, 0.2) is 0 Å². The van der Waals surface area contributed by atoms with Crippen molar-refractivity contribution >= 4 is 11.6 Å². The van der Waals surface area contributed by atoms with Gasteiger partial charge in [0.25, 0.3) is 5.91 Å². The third kappa shape index (κ3) is 2.87. The quantitative estimate of drug-likeness (QED) is 0.782. The van der Waals surface area contributed by atoms with Crippen LogP contribution in [0.4, 0.5) is 0 Å². The van der Waals surface area contributed by atoms with Gasteiger partial charge in [-0.25, -0.2) is 4.98 Å². The van der Waals surface area contributed by atoms with Crippen molar-refractivity contribution in [2.75, 3.05) is 20.6 Å². The van der Waals surface area contributed by atoms with Crippen molar-refractivity contribution in [2.24, 2.45) is 0 Å². The highest BCUT2D eigenvalue weighted by atomic mass is 16.3. The van der Waals surface area contributed by atoms with E-state index in [1.54, 1.807) is 12.5 Å². The summed E-state index contributed by atoms with van der Waals surface area (Å²) in [4.78, 5) is 18.6. The smallest absolute Gasteiger partial charge is 0.271 e. The standard InChI is InChI=1S/C16H18N4O2/c1-19(2)13(14-6-5-9-22-14)10-17-16(21)12-11-20-8-4-3-7-15(20)18-12/h3-9,11,13H,10H2,1-2H3,(H,17,21). The topological polar surface area (TPSA) is 62.8 Å². The van der Waals surface area contributed by atoms with Gasteiger partial charge in [-0.15, -0.1) is 0 Å². The molecule has 3 heterocycles. The maximum Gasteiger partial charge on any atom is 0.271 e. The molecule has 1 N–H and O–H groups in total. The van der Waals surface area contributed by atoms with Crippen LogP contribution in [0, 0.1) is 0 Å². The molecule has 1 atom stereocenters. The molecule has 1 unspecified atom stereocenters. The highest BCUT2D eigenvalue weighted by Crippen LogP contribution is 2.17. The Morgan fingerprint density at radius 3 is 2.91 bits per heavy atom. The summed E-state index contributed by atoms with van der Waals surface area (Å²) < 4.78 is 7.25. The number of amides is 1. The zero-order chi connectivity index (χ0) is 15.5. The molecule has 0 bridgehead atoms. The molecule has 0 fully saturated rings. The van der Waals surface area contributed by atoms with Crippen LogP contribution in [0.15, 0.2) is 53.4 Å². The first-order valence-electron chi connectivity index (χ1n) is 7.07. The predicted molar refractivity (Wildman–Crippen MR) is 82.7 cm³/mol. The number of aromatic nitrogens is 2. The summed E-state index contributed by atoms with van der Waals surface area (Å²) in [6, 6.07) is 9.38. The molecule has 22 heavy (non-hydrogen) atoms. The van der Waals surface area contributed by atoms with Crippen LogP contribution in [0.1, 0.15) is 22.3 Å². The molecule has 3 aromatic rings. The van der Waals surface area contributed by atoms with Crippen molar-refractivity contribution in [3.05, 3.63) is 60.4 Å². The van der Waals surface area contributed by atoms with E-state index in [9.17, 15) is 4.79 Å². The molecule has 1 amide bonds. The van der Waals surface area contributed by atoms with Crippen LogP contribution < -0.4 is 5.32 Å². The zero-order valence-corrected chi connectivity index (χ0v) is 12.6. The summed E-state index contributed by atoms with van der Waals surface area (Å²) in [7, 11) is 3.90. The number of rotatable bonds is 5. The van der Waals surface area contributed by atoms with E-state index in [2.05, 4.69) is 10.3 Å². The lowest BCUT2D eigenvalue weighted by Gasteiger charge is -2.22. The minimum atomic E-state index is -0.192. The Kier molecular flexibility index (Phi) is 3.93. The predicted octanol–water partition coefficient (Wildman–Crippen LogP) is 1.96. The summed E-state index contributed by atoms with van der Waals surface area (Å²) in [6.45, 7) is 0.452. The molecule has 3 aromatic heterocycles. The van der Waals surface area contributed by atoms with E-state index in [4.69, 9.17) is 4.42 Å². The Morgan fingerprint density at radius 2 is 2.23 bits per heavy atom. The number of carbonyl (C=O) groups is 1. The monoisotopic (exact) mass is 298 g/mol. The van der Waals surface area contributed by atoms with Gasteiger partial charge in [0.1, 0.15) is 17.1 Å². The second kappa shape index (κ2) is 6.03. The zero-order valence-electron chi connectivity index (χ0n) is 12.6. The van der Waals surface area contributed by atoms with Gasteiger partial charge in [0, 0.05) is 18.9 Å². The average molecular weight is 298 g/mol. The van der Waals surface area contributed by atoms with Gasteiger partial charge >= 0.3 is 0 Å². The van der Waals surface area contributed by atoms with Gasteiger partial charge in [0.05, 0.1) is 12.3 Å². The first kappa shape index (κ1) is 14.3. The molecule has 0 aliphatic rings. The molecule has 0 radical (unpaired) electrons. The molecule has 6 heteroatoms. The van der Waals surface area contributed by atoms with Gasteiger partial charge in [0.2, 0.25) is 0 Å². The molecule has 6 nitrogen and oxygen atoms in total. The number of pyridine rings is 1. The van der Waals surface area contributed by atoms with Crippen LogP contribution in [0.5, 0.6) is 0 Å². The SMILES string of the molecule is CN(C)C(CNC(=O)c1cn2ccccc2n1)c1ccco1. The Bertz CT molecular complexity index is 728. The van der Waals surface area contributed by atoms with E-state index in [1.165, 1.54) is 0 Å². The second-order valence-corrected chi connectivity index (χ2v) is 5.30. The molecule has 0 saturated carbocycles. The number of nitrogens with one attached hydrogen (secondary N) is 1. The molecule has 0 spiro atoms. The molecule has 0 aliphatic heterocycles. The summed E-state index contributed by atoms with van der Waals surface area (Å²) in [5.74, 6) is 0.627. The summed E-state index contributed by atoms with van der Waals surface area (Å²) in [5, 5.41) is 2.91. The Morgan fingerprint density at radius 1 is 1.36 bits per heavy atom. The summed E-state index contributed by atoms with van der Waals surface area (Å²) in [6.07, 6.45) is 5.22. The van der Waals surface area contributed by atoms with E-state index < -0.39 is 0 Å². The molecular formula is C16H18N4O2. The number of likely N-dealkylation sites (N-methyl/N-ethyl adjacent to an activating group) is 1. The summed E-state index contributed by atoms with van der Waals surface area (Å²) >= 11 is 0. The van der Waals surface area contributed by atoms with Gasteiger partial charge in [-0.1, -0.05) is 6.07 Å². The highest BCUT2D eigenvalue weighted by molar-refractivity contribution is 5.92. The number of hydrogen-bond donors (Lipinski definition) is 1. The van der Waals surface area contributed by atoms with Gasteiger partial charge < -0.3 is 14.1 Å². The number of hydrogen-bond acceptors (Lipinski definition) is 4. The van der Waals surface area contributed by atoms with E-state index in [0.717, 1.165) is 11.4 Å². The number of furan rings is 1. The van der Waals surface area contributed by atoms with Gasteiger partial charge in [-0.2, -0.15) is 0 Å². The molecule has 3 rings (SSSR count). The first-order valence-corrected chi connectivity index (χ1v) is 7.07. The van der Waals surface area contributed by atoms with E-state index in [-0.39, 0.29) is 11.9 Å². The fourth-order valence-electron chi connectivity index (χ4n) is 2.34. The third-order valence-corrected chi connectivity index (χ3v) is 3.55. The number of fused-ring (bicyclic) bond motifs is 1. The highest BCUT2D eigenvalue weighted by Gasteiger charge is 2.19. The molecular weight excluding hydrogens is 280 g/mol. The molecule has 114 valence electrons. The van der Waals surface area contributed by atoms with E-state index in [0.29, 0.717) is 12.2 Å². The maximum atomic E-state index is 12.3. The summed E-state index contributed by atoms with van der Waals surface area (Å²) in [5.41, 5.74) is 1.16. The minimum Gasteiger partial charge on any atom is -0.468 e. The lowest BCUT2D eigenvalue weighted by atomic mass is 10.2. The minimum absolute atomic E-state index is 0.0176. The fourth-order valence-corrected chi connectivity index (χ4v) is 2.34. The van der Waals surface area contributed by atoms with Crippen LogP contribution in [-0.2, 0) is 0 Å². The van der Waals surface area contributed by atoms with E-state index in [1.807, 2.05) is 59.9 Å². The fraction of sp³-hybridized carbons (Fsp3) is 0.250. The van der Waals surface area contributed by atoms with Crippen molar-refractivity contribution in [1.29, 1.82) is 0 Å². The second-order valence-electron chi connectivity index (χ2n) is 5.30. The average Bonchev–Trinajstić information content (AvgIpc) is 3.16. The van der Waals surface area contributed by atoms with Gasteiger partial charge in [-0.3, -0.25) is 9.69 Å². The van der Waals surface area contributed by atoms with Crippen molar-refractivity contribution < 1.29 is 9.21 Å².